The average Bonchev–Trinajstić information content (AvgIpc) is 2.96. The van der Waals surface area contributed by atoms with E-state index in [9.17, 15) is 9.59 Å². The molecule has 3 aliphatic rings. The maximum absolute atomic E-state index is 15.6. The highest BCUT2D eigenvalue weighted by atomic mass is 19.1. The summed E-state index contributed by atoms with van der Waals surface area (Å²) in [5.74, 6) is -0.188. The SMILES string of the molecule is CCN1C(=O)Nc2c(F)c(CN3CCN(c4ccc(C(=O)N[C@@H]5CCCOC5)nc4C)CC3)cc3ncnc1c23. The van der Waals surface area contributed by atoms with Gasteiger partial charge in [-0.05, 0) is 44.9 Å². The third kappa shape index (κ3) is 4.92. The van der Waals surface area contributed by atoms with Crippen molar-refractivity contribution in [2.24, 2.45) is 0 Å². The summed E-state index contributed by atoms with van der Waals surface area (Å²) in [6, 6.07) is 5.12. The van der Waals surface area contributed by atoms with Gasteiger partial charge in [-0.25, -0.2) is 24.1 Å². The summed E-state index contributed by atoms with van der Waals surface area (Å²) in [5, 5.41) is 6.25. The fraction of sp³-hybridized carbons (Fsp3) is 0.464. The summed E-state index contributed by atoms with van der Waals surface area (Å²) >= 11 is 0. The van der Waals surface area contributed by atoms with Crippen LogP contribution in [0.2, 0.25) is 0 Å². The van der Waals surface area contributed by atoms with E-state index in [4.69, 9.17) is 4.74 Å². The molecule has 0 radical (unpaired) electrons. The third-order valence-corrected chi connectivity index (χ3v) is 7.86. The smallest absolute Gasteiger partial charge is 0.327 e. The molecule has 40 heavy (non-hydrogen) atoms. The Hall–Kier alpha value is -3.90. The first-order chi connectivity index (χ1) is 19.4. The molecule has 1 atom stereocenters. The number of urea groups is 1. The zero-order valence-electron chi connectivity index (χ0n) is 22.7. The van der Waals surface area contributed by atoms with E-state index in [1.165, 1.54) is 11.2 Å². The molecule has 6 rings (SSSR count). The van der Waals surface area contributed by atoms with Gasteiger partial charge in [0.2, 0.25) is 0 Å². The van der Waals surface area contributed by atoms with Gasteiger partial charge in [-0.15, -0.1) is 0 Å². The van der Waals surface area contributed by atoms with Crippen LogP contribution in [0.25, 0.3) is 10.9 Å². The van der Waals surface area contributed by atoms with E-state index in [1.54, 1.807) is 12.1 Å². The van der Waals surface area contributed by atoms with Crippen molar-refractivity contribution >= 4 is 40.0 Å². The van der Waals surface area contributed by atoms with E-state index in [1.807, 2.05) is 19.9 Å². The van der Waals surface area contributed by atoms with Crippen molar-refractivity contribution in [3.8, 4) is 0 Å². The van der Waals surface area contributed by atoms with Crippen LogP contribution in [-0.2, 0) is 11.3 Å². The number of ether oxygens (including phenoxy) is 1. The minimum atomic E-state index is -0.441. The monoisotopic (exact) mass is 548 g/mol. The molecule has 2 N–H and O–H groups in total. The second-order valence-corrected chi connectivity index (χ2v) is 10.4. The van der Waals surface area contributed by atoms with Crippen LogP contribution < -0.4 is 20.4 Å². The normalized spacial score (nSPS) is 19.6. The van der Waals surface area contributed by atoms with E-state index >= 15 is 4.39 Å². The van der Waals surface area contributed by atoms with E-state index in [0.29, 0.717) is 47.7 Å². The Morgan fingerprint density at radius 3 is 2.77 bits per heavy atom. The van der Waals surface area contributed by atoms with Crippen LogP contribution in [0.4, 0.5) is 26.4 Å². The maximum Gasteiger partial charge on any atom is 0.327 e. The van der Waals surface area contributed by atoms with Gasteiger partial charge in [0.05, 0.1) is 40.6 Å². The fourth-order valence-corrected chi connectivity index (χ4v) is 5.75. The average molecular weight is 549 g/mol. The second-order valence-electron chi connectivity index (χ2n) is 10.4. The first kappa shape index (κ1) is 26.3. The number of hydrogen-bond donors (Lipinski definition) is 2. The molecular weight excluding hydrogens is 515 g/mol. The van der Waals surface area contributed by atoms with Crippen LogP contribution >= 0.6 is 0 Å². The number of halogens is 1. The van der Waals surface area contributed by atoms with Crippen molar-refractivity contribution < 1.29 is 18.7 Å². The fourth-order valence-electron chi connectivity index (χ4n) is 5.75. The van der Waals surface area contributed by atoms with Crippen LogP contribution in [0.5, 0.6) is 0 Å². The van der Waals surface area contributed by atoms with Gasteiger partial charge in [0.1, 0.15) is 17.8 Å². The minimum Gasteiger partial charge on any atom is -0.379 e. The van der Waals surface area contributed by atoms with E-state index in [2.05, 4.69) is 35.4 Å². The maximum atomic E-state index is 15.6. The number of piperazine rings is 1. The highest BCUT2D eigenvalue weighted by Gasteiger charge is 2.30. The largest absolute Gasteiger partial charge is 0.379 e. The van der Waals surface area contributed by atoms with Crippen LogP contribution in [0.15, 0.2) is 24.5 Å². The number of carbonyl (C=O) groups is 2. The van der Waals surface area contributed by atoms with Crippen LogP contribution in [0, 0.1) is 12.7 Å². The van der Waals surface area contributed by atoms with Gasteiger partial charge in [-0.3, -0.25) is 14.6 Å². The van der Waals surface area contributed by atoms with Crippen molar-refractivity contribution in [2.45, 2.75) is 39.3 Å². The molecule has 2 aromatic heterocycles. The van der Waals surface area contributed by atoms with E-state index in [0.717, 1.165) is 57.0 Å². The highest BCUT2D eigenvalue weighted by Crippen LogP contribution is 2.38. The zero-order chi connectivity index (χ0) is 27.8. The molecule has 210 valence electrons. The second kappa shape index (κ2) is 10.9. The predicted molar refractivity (Wildman–Crippen MR) is 149 cm³/mol. The van der Waals surface area contributed by atoms with Gasteiger partial charge >= 0.3 is 6.03 Å². The molecule has 2 saturated heterocycles. The van der Waals surface area contributed by atoms with Crippen LogP contribution in [0.3, 0.4) is 0 Å². The Balaban J connectivity index is 1.12. The van der Waals surface area contributed by atoms with Crippen molar-refractivity contribution in [2.75, 3.05) is 61.1 Å². The Morgan fingerprint density at radius 1 is 1.23 bits per heavy atom. The van der Waals surface area contributed by atoms with Gasteiger partial charge in [0.25, 0.3) is 5.91 Å². The molecule has 3 aliphatic heterocycles. The molecule has 11 nitrogen and oxygen atoms in total. The molecule has 0 aliphatic carbocycles. The number of pyridine rings is 1. The van der Waals surface area contributed by atoms with Gasteiger partial charge in [0.15, 0.2) is 5.82 Å². The molecule has 0 saturated carbocycles. The first-order valence-corrected chi connectivity index (χ1v) is 13.8. The number of aryl methyl sites for hydroxylation is 1. The van der Waals surface area contributed by atoms with Gasteiger partial charge in [0, 0.05) is 51.4 Å². The summed E-state index contributed by atoms with van der Waals surface area (Å²) in [6.45, 7) is 8.80. The molecule has 12 heteroatoms. The molecule has 2 fully saturated rings. The van der Waals surface area contributed by atoms with Crippen molar-refractivity contribution in [1.29, 1.82) is 0 Å². The van der Waals surface area contributed by atoms with Gasteiger partial charge < -0.3 is 20.3 Å². The molecule has 0 spiro atoms. The number of rotatable bonds is 6. The standard InChI is InChI=1S/C28H33FN8O3/c1-3-37-26-23-21(30-16-31-26)13-18(24(29)25(23)34-28(37)39)14-35-8-10-36(11-9-35)22-7-6-20(32-17(22)2)27(38)33-19-5-4-12-40-15-19/h6-7,13,16,19H,3-5,8-12,14-15H2,1-2H3,(H,33,38)(H,34,39)/t19-/m1/s1. The lowest BCUT2D eigenvalue weighted by atomic mass is 10.1. The van der Waals surface area contributed by atoms with Gasteiger partial charge in [-0.1, -0.05) is 0 Å². The van der Waals surface area contributed by atoms with Crippen LogP contribution in [-0.4, -0.2) is 83.8 Å². The molecule has 3 aromatic rings. The lowest BCUT2D eigenvalue weighted by Crippen LogP contribution is -2.46. The summed E-state index contributed by atoms with van der Waals surface area (Å²) in [7, 11) is 0. The molecule has 0 unspecified atom stereocenters. The van der Waals surface area contributed by atoms with Crippen molar-refractivity contribution in [3.05, 3.63) is 47.3 Å². The topological polar surface area (TPSA) is 116 Å². The van der Waals surface area contributed by atoms with Gasteiger partial charge in [-0.2, -0.15) is 0 Å². The minimum absolute atomic E-state index is 0.0271. The van der Waals surface area contributed by atoms with Crippen molar-refractivity contribution in [3.63, 3.8) is 0 Å². The summed E-state index contributed by atoms with van der Waals surface area (Å²) in [4.78, 5) is 44.4. The predicted octanol–water partition coefficient (Wildman–Crippen LogP) is 3.08. The summed E-state index contributed by atoms with van der Waals surface area (Å²) < 4.78 is 21.1. The number of nitrogens with one attached hydrogen (secondary N) is 2. The summed E-state index contributed by atoms with van der Waals surface area (Å²) in [6.07, 6.45) is 3.28. The Morgan fingerprint density at radius 2 is 2.05 bits per heavy atom. The molecular formula is C28H33FN8O3. The van der Waals surface area contributed by atoms with Crippen LogP contribution in [0.1, 0.15) is 41.5 Å². The number of benzene rings is 1. The quantitative estimate of drug-likeness (QED) is 0.483. The number of amides is 3. The zero-order valence-corrected chi connectivity index (χ0v) is 22.7. The number of anilines is 3. The molecule has 3 amide bonds. The van der Waals surface area contributed by atoms with E-state index in [-0.39, 0.29) is 17.6 Å². The Labute approximate surface area is 231 Å². The molecule has 5 heterocycles. The third-order valence-electron chi connectivity index (χ3n) is 7.86. The number of carbonyl (C=O) groups excluding carboxylic acids is 2. The Kier molecular flexibility index (Phi) is 7.20. The number of aromatic nitrogens is 3. The summed E-state index contributed by atoms with van der Waals surface area (Å²) in [5.41, 5.74) is 3.44. The number of nitrogens with zero attached hydrogens (tertiary/aromatic N) is 6. The Bertz CT molecular complexity index is 1450. The van der Waals surface area contributed by atoms with E-state index < -0.39 is 11.8 Å². The lowest BCUT2D eigenvalue weighted by molar-refractivity contribution is 0.0622. The molecule has 1 aromatic carbocycles. The van der Waals surface area contributed by atoms with Crippen molar-refractivity contribution in [1.82, 2.24) is 25.2 Å². The highest BCUT2D eigenvalue weighted by molar-refractivity contribution is 6.17. The lowest BCUT2D eigenvalue weighted by Gasteiger charge is -2.37. The first-order valence-electron chi connectivity index (χ1n) is 13.8. The number of hydrogen-bond acceptors (Lipinski definition) is 8. The molecule has 0 bridgehead atoms.